The van der Waals surface area contributed by atoms with Gasteiger partial charge >= 0.3 is 0 Å². The molecule has 2 aromatic heterocycles. The van der Waals surface area contributed by atoms with E-state index in [2.05, 4.69) is 9.97 Å². The van der Waals surface area contributed by atoms with Gasteiger partial charge < -0.3 is 9.88 Å². The number of fused-ring (bicyclic) bond motifs is 1. The molecule has 4 aromatic rings. The molecule has 0 saturated heterocycles. The van der Waals surface area contributed by atoms with Crippen molar-refractivity contribution in [3.05, 3.63) is 105 Å². The summed E-state index contributed by atoms with van der Waals surface area (Å²) in [6.07, 6.45) is 1.55. The lowest BCUT2D eigenvalue weighted by Crippen LogP contribution is -2.32. The maximum absolute atomic E-state index is 14.3. The summed E-state index contributed by atoms with van der Waals surface area (Å²) >= 11 is 6.16. The predicted molar refractivity (Wildman–Crippen MR) is 115 cm³/mol. The third kappa shape index (κ3) is 3.82. The highest BCUT2D eigenvalue weighted by atomic mass is 35.5. The Hall–Kier alpha value is -3.51. The van der Waals surface area contributed by atoms with Gasteiger partial charge in [0.2, 0.25) is 5.56 Å². The largest absolute Gasteiger partial charge is 0.319 e. The molecule has 4 rings (SSSR count). The number of rotatable bonds is 4. The molecular weight excluding hydrogens is 405 g/mol. The van der Waals surface area contributed by atoms with Crippen molar-refractivity contribution in [3.8, 4) is 0 Å². The van der Waals surface area contributed by atoms with Crippen molar-refractivity contribution in [2.24, 2.45) is 0 Å². The quantitative estimate of drug-likeness (QED) is 0.511. The van der Waals surface area contributed by atoms with E-state index in [9.17, 15) is 14.0 Å². The second-order valence-corrected chi connectivity index (χ2v) is 7.30. The molecule has 0 saturated carbocycles. The molecule has 150 valence electrons. The predicted octanol–water partition coefficient (Wildman–Crippen LogP) is 4.87. The molecule has 0 aliphatic carbocycles. The Morgan fingerprint density at radius 2 is 1.93 bits per heavy atom. The molecule has 0 aliphatic rings. The molecule has 0 atom stereocenters. The zero-order valence-corrected chi connectivity index (χ0v) is 16.8. The van der Waals surface area contributed by atoms with Crippen LogP contribution < -0.4 is 10.5 Å². The van der Waals surface area contributed by atoms with E-state index in [4.69, 9.17) is 11.6 Å². The maximum Gasteiger partial charge on any atom is 0.277 e. The third-order valence-electron chi connectivity index (χ3n) is 4.82. The van der Waals surface area contributed by atoms with Crippen LogP contribution in [-0.2, 0) is 6.54 Å². The van der Waals surface area contributed by atoms with Crippen LogP contribution in [0.3, 0.4) is 0 Å². The molecule has 7 heteroatoms. The Morgan fingerprint density at radius 3 is 2.70 bits per heavy atom. The number of carbonyl (C=O) groups is 1. The van der Waals surface area contributed by atoms with Crippen molar-refractivity contribution >= 4 is 34.1 Å². The van der Waals surface area contributed by atoms with Gasteiger partial charge in [-0.1, -0.05) is 35.9 Å². The van der Waals surface area contributed by atoms with Crippen molar-refractivity contribution in [1.29, 1.82) is 0 Å². The molecule has 0 unspecified atom stereocenters. The van der Waals surface area contributed by atoms with Gasteiger partial charge in [0, 0.05) is 28.4 Å². The van der Waals surface area contributed by atoms with E-state index in [-0.39, 0.29) is 23.7 Å². The first-order chi connectivity index (χ1) is 14.4. The third-order valence-corrected chi connectivity index (χ3v) is 5.05. The number of carbonyl (C=O) groups excluding carboxylic acids is 1. The molecule has 0 fully saturated rings. The van der Waals surface area contributed by atoms with Gasteiger partial charge in [0.15, 0.2) is 0 Å². The fraction of sp³-hybridized carbons (Fsp3) is 0.0870. The normalized spacial score (nSPS) is 10.9. The Labute approximate surface area is 176 Å². The summed E-state index contributed by atoms with van der Waals surface area (Å²) in [5, 5.41) is 0.983. The highest BCUT2D eigenvalue weighted by molar-refractivity contribution is 6.31. The first-order valence-corrected chi connectivity index (χ1v) is 9.61. The number of para-hydroxylation sites is 1. The summed E-state index contributed by atoms with van der Waals surface area (Å²) in [6, 6.07) is 16.3. The highest BCUT2D eigenvalue weighted by Gasteiger charge is 2.22. The standard InChI is InChI=1S/C23H17ClFN3O2/c1-14-5-4-10-26-21(14)23(30)28(17-7-2-6-16(24)12-17)13-15-11-20(29)27-22-18(15)8-3-9-19(22)25/h2-12H,13H2,1H3,(H,27,29). The lowest BCUT2D eigenvalue weighted by atomic mass is 10.1. The second kappa shape index (κ2) is 8.08. The average Bonchev–Trinajstić information content (AvgIpc) is 2.72. The van der Waals surface area contributed by atoms with Gasteiger partial charge in [-0.05, 0) is 48.4 Å². The Balaban J connectivity index is 1.87. The van der Waals surface area contributed by atoms with E-state index in [0.29, 0.717) is 21.7 Å². The number of aryl methyl sites for hydroxylation is 1. The van der Waals surface area contributed by atoms with E-state index in [1.807, 2.05) is 0 Å². The minimum absolute atomic E-state index is 0.0407. The van der Waals surface area contributed by atoms with Gasteiger partial charge in [0.1, 0.15) is 11.5 Å². The van der Waals surface area contributed by atoms with Crippen LogP contribution in [-0.4, -0.2) is 15.9 Å². The molecule has 0 bridgehead atoms. The van der Waals surface area contributed by atoms with Crippen molar-refractivity contribution < 1.29 is 9.18 Å². The van der Waals surface area contributed by atoms with Crippen molar-refractivity contribution in [2.75, 3.05) is 4.90 Å². The number of anilines is 1. The first-order valence-electron chi connectivity index (χ1n) is 9.23. The van der Waals surface area contributed by atoms with Crippen LogP contribution in [0.4, 0.5) is 10.1 Å². The minimum Gasteiger partial charge on any atom is -0.319 e. The van der Waals surface area contributed by atoms with E-state index < -0.39 is 11.4 Å². The molecule has 1 amide bonds. The molecule has 2 aromatic carbocycles. The fourth-order valence-corrected chi connectivity index (χ4v) is 3.56. The average molecular weight is 422 g/mol. The van der Waals surface area contributed by atoms with Crippen LogP contribution >= 0.6 is 11.6 Å². The molecule has 2 heterocycles. The summed E-state index contributed by atoms with van der Waals surface area (Å²) in [6.45, 7) is 1.84. The summed E-state index contributed by atoms with van der Waals surface area (Å²) in [4.78, 5) is 33.8. The minimum atomic E-state index is -0.535. The van der Waals surface area contributed by atoms with Crippen LogP contribution in [0.25, 0.3) is 10.9 Å². The summed E-state index contributed by atoms with van der Waals surface area (Å²) in [5.74, 6) is -0.882. The van der Waals surface area contributed by atoms with E-state index in [1.165, 1.54) is 17.0 Å². The number of aromatic amines is 1. The number of amides is 1. The molecular formula is C23H17ClFN3O2. The lowest BCUT2D eigenvalue weighted by molar-refractivity contribution is 0.0980. The highest BCUT2D eigenvalue weighted by Crippen LogP contribution is 2.26. The Kier molecular flexibility index (Phi) is 5.33. The molecule has 1 N–H and O–H groups in total. The maximum atomic E-state index is 14.3. The van der Waals surface area contributed by atoms with Crippen molar-refractivity contribution in [1.82, 2.24) is 9.97 Å². The monoisotopic (exact) mass is 421 g/mol. The van der Waals surface area contributed by atoms with Gasteiger partial charge in [-0.2, -0.15) is 0 Å². The number of halogens is 2. The number of hydrogen-bond acceptors (Lipinski definition) is 3. The van der Waals surface area contributed by atoms with Gasteiger partial charge in [-0.15, -0.1) is 0 Å². The zero-order chi connectivity index (χ0) is 21.3. The van der Waals surface area contributed by atoms with Crippen LogP contribution in [0.2, 0.25) is 5.02 Å². The van der Waals surface area contributed by atoms with Gasteiger partial charge in [-0.3, -0.25) is 14.6 Å². The Morgan fingerprint density at radius 1 is 1.13 bits per heavy atom. The zero-order valence-electron chi connectivity index (χ0n) is 16.0. The molecule has 30 heavy (non-hydrogen) atoms. The Bertz CT molecular complexity index is 1320. The molecule has 0 radical (unpaired) electrons. The molecule has 0 aliphatic heterocycles. The topological polar surface area (TPSA) is 66.1 Å². The van der Waals surface area contributed by atoms with Gasteiger partial charge in [0.05, 0.1) is 12.1 Å². The fourth-order valence-electron chi connectivity index (χ4n) is 3.38. The van der Waals surface area contributed by atoms with Crippen LogP contribution in [0.15, 0.2) is 71.7 Å². The van der Waals surface area contributed by atoms with Crippen LogP contribution in [0.1, 0.15) is 21.6 Å². The molecule has 0 spiro atoms. The number of benzene rings is 2. The lowest BCUT2D eigenvalue weighted by Gasteiger charge is -2.24. The number of H-pyrrole nitrogens is 1. The van der Waals surface area contributed by atoms with Crippen molar-refractivity contribution in [3.63, 3.8) is 0 Å². The van der Waals surface area contributed by atoms with Crippen molar-refractivity contribution in [2.45, 2.75) is 13.5 Å². The summed E-state index contributed by atoms with van der Waals surface area (Å²) < 4.78 is 14.3. The smallest absolute Gasteiger partial charge is 0.277 e. The molecule has 5 nitrogen and oxygen atoms in total. The number of pyridine rings is 2. The van der Waals surface area contributed by atoms with Crippen LogP contribution in [0.5, 0.6) is 0 Å². The van der Waals surface area contributed by atoms with Crippen LogP contribution in [0, 0.1) is 12.7 Å². The summed E-state index contributed by atoms with van der Waals surface area (Å²) in [5.41, 5.74) is 1.72. The SMILES string of the molecule is Cc1cccnc1C(=O)N(Cc1cc(=O)[nH]c2c(F)cccc12)c1cccc(Cl)c1. The van der Waals surface area contributed by atoms with Gasteiger partial charge in [-0.25, -0.2) is 4.39 Å². The van der Waals surface area contributed by atoms with E-state index in [0.717, 1.165) is 5.56 Å². The second-order valence-electron chi connectivity index (χ2n) is 6.86. The van der Waals surface area contributed by atoms with E-state index >= 15 is 0 Å². The van der Waals surface area contributed by atoms with Gasteiger partial charge in [0.25, 0.3) is 5.91 Å². The number of aromatic nitrogens is 2. The number of nitrogens with one attached hydrogen (secondary N) is 1. The number of hydrogen-bond donors (Lipinski definition) is 1. The number of nitrogens with zero attached hydrogens (tertiary/aromatic N) is 2. The van der Waals surface area contributed by atoms with E-state index in [1.54, 1.807) is 61.7 Å². The first kappa shape index (κ1) is 19.8. The summed E-state index contributed by atoms with van der Waals surface area (Å²) in [7, 11) is 0.